The van der Waals surface area contributed by atoms with Crippen LogP contribution in [0, 0.1) is 0 Å². The predicted octanol–water partition coefficient (Wildman–Crippen LogP) is 5.29. The lowest BCUT2D eigenvalue weighted by Crippen LogP contribution is -2.38. The van der Waals surface area contributed by atoms with Crippen molar-refractivity contribution in [2.45, 2.75) is 51.4 Å². The standard InChI is InChI=1S/C26H29F3N6O4/c1-25(2,3)21-20(14-35(33-21)17-8-10-34(11-9-17)24(37)38)15-12-19(22(30)31-13-15)23(36)32-16-4-6-18(7-5-16)39-26(27,28)29/h4-7,12-14,17H,8-11H2,1-3H3,(H2,30,31)(H,32,36)(H,37,38). The molecule has 1 saturated heterocycles. The molecule has 2 amide bonds. The molecule has 0 spiro atoms. The number of nitrogens with zero attached hydrogens (tertiary/aromatic N) is 4. The van der Waals surface area contributed by atoms with Gasteiger partial charge in [0, 0.05) is 47.7 Å². The fourth-order valence-electron chi connectivity index (χ4n) is 4.41. The summed E-state index contributed by atoms with van der Waals surface area (Å²) in [6, 6.07) is 6.36. The molecule has 1 fully saturated rings. The highest BCUT2D eigenvalue weighted by atomic mass is 19.4. The van der Waals surface area contributed by atoms with E-state index in [2.05, 4.69) is 15.0 Å². The van der Waals surface area contributed by atoms with Gasteiger partial charge in [-0.3, -0.25) is 9.48 Å². The van der Waals surface area contributed by atoms with E-state index >= 15 is 0 Å². The van der Waals surface area contributed by atoms with E-state index in [0.717, 1.165) is 23.4 Å². The van der Waals surface area contributed by atoms with Gasteiger partial charge in [-0.15, -0.1) is 13.2 Å². The molecule has 0 unspecified atom stereocenters. The maximum Gasteiger partial charge on any atom is 0.573 e. The Bertz CT molecular complexity index is 1360. The van der Waals surface area contributed by atoms with Crippen molar-refractivity contribution in [3.63, 3.8) is 0 Å². The number of carboxylic acid groups (broad SMARTS) is 1. The van der Waals surface area contributed by atoms with E-state index in [-0.39, 0.29) is 28.5 Å². The normalized spacial score (nSPS) is 14.8. The first kappa shape index (κ1) is 27.7. The monoisotopic (exact) mass is 546 g/mol. The number of nitrogens with two attached hydrogens (primary N) is 1. The molecule has 0 atom stereocenters. The van der Waals surface area contributed by atoms with E-state index in [1.165, 1.54) is 17.0 Å². The van der Waals surface area contributed by atoms with E-state index < -0.39 is 24.1 Å². The first-order valence-electron chi connectivity index (χ1n) is 12.2. The van der Waals surface area contributed by atoms with Crippen molar-refractivity contribution in [1.29, 1.82) is 0 Å². The second-order valence-electron chi connectivity index (χ2n) is 10.3. The molecule has 208 valence electrons. The minimum Gasteiger partial charge on any atom is -0.465 e. The van der Waals surface area contributed by atoms with Gasteiger partial charge in [0.1, 0.15) is 11.6 Å². The van der Waals surface area contributed by atoms with Crippen molar-refractivity contribution in [2.24, 2.45) is 0 Å². The summed E-state index contributed by atoms with van der Waals surface area (Å²) in [7, 11) is 0. The first-order chi connectivity index (χ1) is 18.2. The molecule has 10 nitrogen and oxygen atoms in total. The fourth-order valence-corrected chi connectivity index (χ4v) is 4.41. The van der Waals surface area contributed by atoms with Crippen molar-refractivity contribution in [3.05, 3.63) is 54.0 Å². The van der Waals surface area contributed by atoms with Crippen LogP contribution in [0.15, 0.2) is 42.7 Å². The van der Waals surface area contributed by atoms with Crippen LogP contribution in [0.4, 0.5) is 29.5 Å². The maximum absolute atomic E-state index is 13.0. The van der Waals surface area contributed by atoms with Gasteiger partial charge in [-0.05, 0) is 43.2 Å². The smallest absolute Gasteiger partial charge is 0.465 e. The number of nitrogen functional groups attached to an aromatic ring is 1. The third kappa shape index (κ3) is 6.59. The second-order valence-corrected chi connectivity index (χ2v) is 10.3. The van der Waals surface area contributed by atoms with E-state index in [1.807, 2.05) is 31.6 Å². The molecular weight excluding hydrogens is 517 g/mol. The quantitative estimate of drug-likeness (QED) is 0.396. The molecule has 39 heavy (non-hydrogen) atoms. The van der Waals surface area contributed by atoms with Crippen molar-refractivity contribution < 1.29 is 32.6 Å². The molecule has 3 aromatic rings. The topological polar surface area (TPSA) is 136 Å². The SMILES string of the molecule is CC(C)(C)c1nn(C2CCN(C(=O)O)CC2)cc1-c1cnc(N)c(C(=O)Nc2ccc(OC(F)(F)F)cc2)c1. The van der Waals surface area contributed by atoms with Crippen LogP contribution in [-0.2, 0) is 5.41 Å². The van der Waals surface area contributed by atoms with Crippen molar-refractivity contribution in [3.8, 4) is 16.9 Å². The van der Waals surface area contributed by atoms with Crippen LogP contribution in [0.2, 0.25) is 0 Å². The Hall–Kier alpha value is -4.29. The Morgan fingerprint density at radius 3 is 2.33 bits per heavy atom. The Morgan fingerprint density at radius 1 is 1.13 bits per heavy atom. The molecule has 0 radical (unpaired) electrons. The molecule has 1 aliphatic heterocycles. The summed E-state index contributed by atoms with van der Waals surface area (Å²) in [4.78, 5) is 29.9. The molecular formula is C26H29F3N6O4. The minimum absolute atomic E-state index is 0.0148. The summed E-state index contributed by atoms with van der Waals surface area (Å²) in [5.41, 5.74) is 8.14. The molecule has 4 rings (SSSR count). The molecule has 1 aromatic carbocycles. The third-order valence-electron chi connectivity index (χ3n) is 6.37. The number of nitrogens with one attached hydrogen (secondary N) is 1. The number of ether oxygens (including phenoxy) is 1. The van der Waals surface area contributed by atoms with Gasteiger partial charge in [-0.2, -0.15) is 5.10 Å². The molecule has 0 bridgehead atoms. The Kier molecular flexibility index (Phi) is 7.44. The van der Waals surface area contributed by atoms with Gasteiger partial charge in [-0.1, -0.05) is 20.8 Å². The molecule has 13 heteroatoms. The summed E-state index contributed by atoms with van der Waals surface area (Å²) in [6.45, 7) is 6.87. The molecule has 3 heterocycles. The highest BCUT2D eigenvalue weighted by Gasteiger charge is 2.31. The number of piperidine rings is 1. The Balaban J connectivity index is 1.59. The third-order valence-corrected chi connectivity index (χ3v) is 6.37. The van der Waals surface area contributed by atoms with Gasteiger partial charge in [0.2, 0.25) is 0 Å². The highest BCUT2D eigenvalue weighted by Crippen LogP contribution is 2.35. The average molecular weight is 547 g/mol. The summed E-state index contributed by atoms with van der Waals surface area (Å²) < 4.78 is 42.9. The largest absolute Gasteiger partial charge is 0.573 e. The van der Waals surface area contributed by atoms with E-state index in [4.69, 9.17) is 10.8 Å². The number of halogens is 3. The zero-order valence-corrected chi connectivity index (χ0v) is 21.6. The number of anilines is 2. The summed E-state index contributed by atoms with van der Waals surface area (Å²) in [5, 5.41) is 16.7. The highest BCUT2D eigenvalue weighted by molar-refractivity contribution is 6.07. The van der Waals surface area contributed by atoms with Crippen molar-refractivity contribution in [1.82, 2.24) is 19.7 Å². The zero-order chi connectivity index (χ0) is 28.5. The predicted molar refractivity (Wildman–Crippen MR) is 138 cm³/mol. The summed E-state index contributed by atoms with van der Waals surface area (Å²) in [6.07, 6.45) is -1.07. The number of carbonyl (C=O) groups is 2. The molecule has 4 N–H and O–H groups in total. The van der Waals surface area contributed by atoms with Crippen LogP contribution >= 0.6 is 0 Å². The lowest BCUT2D eigenvalue weighted by molar-refractivity contribution is -0.274. The molecule has 1 aliphatic rings. The fraction of sp³-hybridized carbons (Fsp3) is 0.385. The van der Waals surface area contributed by atoms with E-state index in [9.17, 15) is 27.9 Å². The number of amides is 2. The van der Waals surface area contributed by atoms with Crippen LogP contribution in [0.1, 0.15) is 55.7 Å². The lowest BCUT2D eigenvalue weighted by atomic mass is 9.87. The van der Waals surface area contributed by atoms with E-state index in [1.54, 1.807) is 12.3 Å². The second kappa shape index (κ2) is 10.5. The molecule has 2 aromatic heterocycles. The summed E-state index contributed by atoms with van der Waals surface area (Å²) >= 11 is 0. The molecule has 0 saturated carbocycles. The zero-order valence-electron chi connectivity index (χ0n) is 21.6. The maximum atomic E-state index is 13.0. The summed E-state index contributed by atoms with van der Waals surface area (Å²) in [5.74, 6) is -1.01. The number of alkyl halides is 3. The van der Waals surface area contributed by atoms with Crippen molar-refractivity contribution >= 4 is 23.5 Å². The van der Waals surface area contributed by atoms with Crippen molar-refractivity contribution in [2.75, 3.05) is 24.1 Å². The van der Waals surface area contributed by atoms with Gasteiger partial charge >= 0.3 is 12.5 Å². The molecule has 0 aliphatic carbocycles. The number of rotatable bonds is 5. The van der Waals surface area contributed by atoms with E-state index in [0.29, 0.717) is 31.5 Å². The average Bonchev–Trinajstić information content (AvgIpc) is 3.31. The van der Waals surface area contributed by atoms with Crippen LogP contribution in [0.3, 0.4) is 0 Å². The Labute approximate surface area is 222 Å². The first-order valence-corrected chi connectivity index (χ1v) is 12.2. The number of pyridine rings is 1. The van der Waals surface area contributed by atoms with Gasteiger partial charge in [0.05, 0.1) is 17.3 Å². The number of likely N-dealkylation sites (tertiary alicyclic amines) is 1. The van der Waals surface area contributed by atoms with Crippen LogP contribution in [-0.4, -0.2) is 56.2 Å². The van der Waals surface area contributed by atoms with Gasteiger partial charge in [0.15, 0.2) is 0 Å². The van der Waals surface area contributed by atoms with Gasteiger partial charge < -0.3 is 25.8 Å². The number of benzene rings is 1. The number of hydrogen-bond donors (Lipinski definition) is 3. The number of aromatic nitrogens is 3. The minimum atomic E-state index is -4.82. The van der Waals surface area contributed by atoms with Crippen LogP contribution in [0.5, 0.6) is 5.75 Å². The van der Waals surface area contributed by atoms with Crippen LogP contribution in [0.25, 0.3) is 11.1 Å². The number of hydrogen-bond acceptors (Lipinski definition) is 6. The number of carbonyl (C=O) groups excluding carboxylic acids is 1. The Morgan fingerprint density at radius 2 is 1.77 bits per heavy atom. The lowest BCUT2D eigenvalue weighted by Gasteiger charge is -2.30. The van der Waals surface area contributed by atoms with Crippen LogP contribution < -0.4 is 15.8 Å². The van der Waals surface area contributed by atoms with Gasteiger partial charge in [0.25, 0.3) is 5.91 Å². The van der Waals surface area contributed by atoms with Gasteiger partial charge in [-0.25, -0.2) is 9.78 Å².